The van der Waals surface area contributed by atoms with Crippen molar-refractivity contribution >= 4 is 11.6 Å². The Balaban J connectivity index is 1.51. The first kappa shape index (κ1) is 22.8. The number of rotatable bonds is 13. The van der Waals surface area contributed by atoms with E-state index in [1.807, 2.05) is 44.2 Å². The van der Waals surface area contributed by atoms with Crippen LogP contribution in [0.1, 0.15) is 25.0 Å². The number of hydrogen-bond donors (Lipinski definition) is 1. The van der Waals surface area contributed by atoms with Gasteiger partial charge in [0, 0.05) is 13.0 Å². The number of benzene rings is 1. The number of carbonyl (C=O) groups excluding carboxylic acids is 1. The highest BCUT2D eigenvalue weighted by molar-refractivity contribution is 5.89. The van der Waals surface area contributed by atoms with Crippen molar-refractivity contribution in [2.75, 3.05) is 38.4 Å². The molecule has 0 aliphatic heterocycles. The molecule has 1 atom stereocenters. The summed E-state index contributed by atoms with van der Waals surface area (Å²) < 4.78 is 22.4. The zero-order valence-corrected chi connectivity index (χ0v) is 17.3. The number of carbonyl (C=O) groups is 1. The second-order valence-corrected chi connectivity index (χ2v) is 6.66. The van der Waals surface area contributed by atoms with Crippen molar-refractivity contribution in [2.45, 2.75) is 33.5 Å². The monoisotopic (exact) mass is 402 g/mol. The molecule has 0 bridgehead atoms. The SMILES string of the molecule is CC(=O)Nc1cnc(OC[C@H](C)OCCOCCOCc2ccccc2)cc1C. The molecule has 0 unspecified atom stereocenters. The molecule has 7 nitrogen and oxygen atoms in total. The van der Waals surface area contributed by atoms with Gasteiger partial charge in [0.25, 0.3) is 0 Å². The third kappa shape index (κ3) is 9.51. The average Bonchev–Trinajstić information content (AvgIpc) is 2.70. The third-order valence-electron chi connectivity index (χ3n) is 3.98. The van der Waals surface area contributed by atoms with Crippen LogP contribution in [0, 0.1) is 6.92 Å². The fourth-order valence-corrected chi connectivity index (χ4v) is 2.47. The van der Waals surface area contributed by atoms with Crippen LogP contribution in [0.25, 0.3) is 0 Å². The van der Waals surface area contributed by atoms with Gasteiger partial charge in [-0.3, -0.25) is 4.79 Å². The molecule has 0 radical (unpaired) electrons. The molecular formula is C22H30N2O5. The molecule has 7 heteroatoms. The summed E-state index contributed by atoms with van der Waals surface area (Å²) in [4.78, 5) is 15.3. The van der Waals surface area contributed by atoms with Crippen LogP contribution in [0.5, 0.6) is 5.88 Å². The van der Waals surface area contributed by atoms with Crippen LogP contribution < -0.4 is 10.1 Å². The number of pyridine rings is 1. The van der Waals surface area contributed by atoms with Crippen molar-refractivity contribution in [3.63, 3.8) is 0 Å². The van der Waals surface area contributed by atoms with Gasteiger partial charge in [0.2, 0.25) is 11.8 Å². The number of ether oxygens (including phenoxy) is 4. The Labute approximate surface area is 172 Å². The first-order valence-electron chi connectivity index (χ1n) is 9.72. The molecule has 0 fully saturated rings. The zero-order chi connectivity index (χ0) is 20.9. The maximum absolute atomic E-state index is 11.1. The van der Waals surface area contributed by atoms with Gasteiger partial charge < -0.3 is 24.3 Å². The zero-order valence-electron chi connectivity index (χ0n) is 17.3. The topological polar surface area (TPSA) is 78.9 Å². The third-order valence-corrected chi connectivity index (χ3v) is 3.98. The molecule has 1 amide bonds. The van der Waals surface area contributed by atoms with E-state index < -0.39 is 0 Å². The van der Waals surface area contributed by atoms with E-state index in [0.29, 0.717) is 51.2 Å². The lowest BCUT2D eigenvalue weighted by Gasteiger charge is -2.15. The van der Waals surface area contributed by atoms with Gasteiger partial charge in [0.15, 0.2) is 0 Å². The standard InChI is InChI=1S/C22H30N2O5/c1-17-13-22(23-14-21(17)24-19(3)25)29-15-18(2)28-12-11-26-9-10-27-16-20-7-5-4-6-8-20/h4-8,13-14,18H,9-12,15-16H2,1-3H3,(H,24,25)/t18-/m0/s1. The van der Waals surface area contributed by atoms with Crippen molar-refractivity contribution in [1.82, 2.24) is 4.98 Å². The number of hydrogen-bond acceptors (Lipinski definition) is 6. The van der Waals surface area contributed by atoms with Crippen LogP contribution >= 0.6 is 0 Å². The molecule has 0 saturated heterocycles. The van der Waals surface area contributed by atoms with Gasteiger partial charge in [-0.2, -0.15) is 0 Å². The number of anilines is 1. The van der Waals surface area contributed by atoms with E-state index in [-0.39, 0.29) is 12.0 Å². The Hall–Kier alpha value is -2.48. The first-order chi connectivity index (χ1) is 14.0. The van der Waals surface area contributed by atoms with Crippen molar-refractivity contribution in [3.05, 3.63) is 53.7 Å². The van der Waals surface area contributed by atoms with Gasteiger partial charge in [-0.1, -0.05) is 30.3 Å². The molecule has 0 spiro atoms. The van der Waals surface area contributed by atoms with Crippen LogP contribution in [0.2, 0.25) is 0 Å². The second-order valence-electron chi connectivity index (χ2n) is 6.66. The van der Waals surface area contributed by atoms with E-state index in [1.165, 1.54) is 6.92 Å². The van der Waals surface area contributed by atoms with Crippen LogP contribution in [0.4, 0.5) is 5.69 Å². The molecule has 29 heavy (non-hydrogen) atoms. The Morgan fingerprint density at radius 3 is 2.55 bits per heavy atom. The highest BCUT2D eigenvalue weighted by atomic mass is 16.6. The van der Waals surface area contributed by atoms with E-state index in [4.69, 9.17) is 18.9 Å². The molecule has 0 saturated carbocycles. The van der Waals surface area contributed by atoms with Crippen LogP contribution in [0.3, 0.4) is 0 Å². The van der Waals surface area contributed by atoms with Crippen LogP contribution in [0.15, 0.2) is 42.6 Å². The Morgan fingerprint density at radius 1 is 1.10 bits per heavy atom. The van der Waals surface area contributed by atoms with Gasteiger partial charge in [0.1, 0.15) is 6.61 Å². The van der Waals surface area contributed by atoms with Gasteiger partial charge in [0.05, 0.1) is 51.0 Å². The summed E-state index contributed by atoms with van der Waals surface area (Å²) in [5.74, 6) is 0.370. The number of aromatic nitrogens is 1. The van der Waals surface area contributed by atoms with Gasteiger partial charge in [-0.15, -0.1) is 0 Å². The highest BCUT2D eigenvalue weighted by Crippen LogP contribution is 2.18. The Bertz CT molecular complexity index is 739. The second kappa shape index (κ2) is 12.9. The summed E-state index contributed by atoms with van der Waals surface area (Å²) in [7, 11) is 0. The molecule has 0 aliphatic rings. The highest BCUT2D eigenvalue weighted by Gasteiger charge is 2.07. The lowest BCUT2D eigenvalue weighted by molar-refractivity contribution is -0.114. The lowest BCUT2D eigenvalue weighted by atomic mass is 10.2. The Kier molecular flexibility index (Phi) is 10.1. The summed E-state index contributed by atoms with van der Waals surface area (Å²) in [6.45, 7) is 8.32. The molecule has 1 N–H and O–H groups in total. The summed E-state index contributed by atoms with van der Waals surface area (Å²) in [5.41, 5.74) is 2.72. The van der Waals surface area contributed by atoms with Crippen molar-refractivity contribution in [2.24, 2.45) is 0 Å². The normalized spacial score (nSPS) is 11.8. The number of nitrogens with one attached hydrogen (secondary N) is 1. The maximum atomic E-state index is 11.1. The summed E-state index contributed by atoms with van der Waals surface area (Å²) in [6, 6.07) is 11.8. The summed E-state index contributed by atoms with van der Waals surface area (Å²) >= 11 is 0. The summed E-state index contributed by atoms with van der Waals surface area (Å²) in [6.07, 6.45) is 1.50. The molecular weight excluding hydrogens is 372 g/mol. The first-order valence-corrected chi connectivity index (χ1v) is 9.72. The number of aryl methyl sites for hydroxylation is 1. The Morgan fingerprint density at radius 2 is 1.83 bits per heavy atom. The molecule has 1 aromatic heterocycles. The average molecular weight is 402 g/mol. The predicted molar refractivity (Wildman–Crippen MR) is 111 cm³/mol. The van der Waals surface area contributed by atoms with Crippen molar-refractivity contribution < 1.29 is 23.7 Å². The largest absolute Gasteiger partial charge is 0.475 e. The minimum atomic E-state index is -0.129. The van der Waals surface area contributed by atoms with E-state index in [9.17, 15) is 4.79 Å². The quantitative estimate of drug-likeness (QED) is 0.518. The maximum Gasteiger partial charge on any atom is 0.221 e. The van der Waals surface area contributed by atoms with Crippen LogP contribution in [-0.2, 0) is 25.6 Å². The van der Waals surface area contributed by atoms with E-state index >= 15 is 0 Å². The summed E-state index contributed by atoms with van der Waals surface area (Å²) in [5, 5.41) is 2.72. The lowest BCUT2D eigenvalue weighted by Crippen LogP contribution is -2.21. The van der Waals surface area contributed by atoms with Gasteiger partial charge in [-0.25, -0.2) is 4.98 Å². The molecule has 158 valence electrons. The minimum Gasteiger partial charge on any atom is -0.475 e. The van der Waals surface area contributed by atoms with E-state index in [0.717, 1.165) is 11.1 Å². The van der Waals surface area contributed by atoms with Crippen molar-refractivity contribution in [1.29, 1.82) is 0 Å². The molecule has 2 rings (SSSR count). The smallest absolute Gasteiger partial charge is 0.221 e. The predicted octanol–water partition coefficient (Wildman–Crippen LogP) is 3.37. The fourth-order valence-electron chi connectivity index (χ4n) is 2.47. The number of amides is 1. The van der Waals surface area contributed by atoms with Crippen LogP contribution in [-0.4, -0.2) is 50.0 Å². The molecule has 2 aromatic rings. The molecule has 1 aromatic carbocycles. The number of nitrogens with zero attached hydrogens (tertiary/aromatic N) is 1. The van der Waals surface area contributed by atoms with E-state index in [1.54, 1.807) is 12.3 Å². The minimum absolute atomic E-state index is 0.0925. The van der Waals surface area contributed by atoms with E-state index in [2.05, 4.69) is 10.3 Å². The van der Waals surface area contributed by atoms with Gasteiger partial charge in [-0.05, 0) is 25.0 Å². The molecule has 1 heterocycles. The van der Waals surface area contributed by atoms with Gasteiger partial charge >= 0.3 is 0 Å². The fraction of sp³-hybridized carbons (Fsp3) is 0.455. The van der Waals surface area contributed by atoms with Crippen molar-refractivity contribution in [3.8, 4) is 5.88 Å². The molecule has 0 aliphatic carbocycles.